The van der Waals surface area contributed by atoms with Crippen LogP contribution >= 0.6 is 0 Å². The van der Waals surface area contributed by atoms with Crippen LogP contribution in [0.25, 0.3) is 5.52 Å². The van der Waals surface area contributed by atoms with E-state index in [1.54, 1.807) is 10.8 Å². The van der Waals surface area contributed by atoms with E-state index in [1.807, 2.05) is 54.0 Å². The number of pyridine rings is 1. The Morgan fingerprint density at radius 3 is 2.89 bits per heavy atom. The Bertz CT molecular complexity index is 741. The lowest BCUT2D eigenvalue weighted by atomic mass is 10.3. The maximum absolute atomic E-state index is 12.3. The number of aryl methyl sites for hydroxylation is 1. The number of fused-ring (bicyclic) bond motifs is 1. The van der Waals surface area contributed by atoms with Crippen LogP contribution in [-0.4, -0.2) is 14.0 Å². The van der Waals surface area contributed by atoms with E-state index >= 15 is 0 Å². The van der Waals surface area contributed by atoms with Crippen LogP contribution in [0, 0.1) is 6.92 Å². The summed E-state index contributed by atoms with van der Waals surface area (Å²) in [5, 5.41) is 0. The van der Waals surface area contributed by atoms with E-state index in [4.69, 9.17) is 0 Å². The van der Waals surface area contributed by atoms with E-state index in [-0.39, 0.29) is 5.56 Å². The van der Waals surface area contributed by atoms with Crippen molar-refractivity contribution in [3.05, 3.63) is 70.7 Å². The Balaban J connectivity index is 2.14. The number of hydrogen-bond donors (Lipinski definition) is 0. The molecule has 0 saturated carbocycles. The molecule has 0 bridgehead atoms. The molecule has 0 amide bonds. The standard InChI is InChI=1S/C14H13N3O/c1-11-9-16-8-4-6-13(16)14(18)17(11)10-12-5-2-3-7-15-12/h2-9H,10H2,1H3. The molecule has 3 aromatic heterocycles. The van der Waals surface area contributed by atoms with Crippen LogP contribution in [0.3, 0.4) is 0 Å². The van der Waals surface area contributed by atoms with Gasteiger partial charge in [-0.1, -0.05) is 6.07 Å². The van der Waals surface area contributed by atoms with Gasteiger partial charge in [0.1, 0.15) is 5.52 Å². The van der Waals surface area contributed by atoms with Crippen LogP contribution in [0.2, 0.25) is 0 Å². The summed E-state index contributed by atoms with van der Waals surface area (Å²) in [6, 6.07) is 9.43. The average molecular weight is 239 g/mol. The normalized spacial score (nSPS) is 10.9. The first-order chi connectivity index (χ1) is 8.75. The third-order valence-corrected chi connectivity index (χ3v) is 3.04. The topological polar surface area (TPSA) is 39.3 Å². The summed E-state index contributed by atoms with van der Waals surface area (Å²) in [6.45, 7) is 2.44. The van der Waals surface area contributed by atoms with E-state index in [2.05, 4.69) is 4.98 Å². The molecule has 18 heavy (non-hydrogen) atoms. The van der Waals surface area contributed by atoms with Crippen molar-refractivity contribution in [2.45, 2.75) is 13.5 Å². The first-order valence-electron chi connectivity index (χ1n) is 5.83. The predicted molar refractivity (Wildman–Crippen MR) is 69.7 cm³/mol. The van der Waals surface area contributed by atoms with Crippen LogP contribution in [0.1, 0.15) is 11.4 Å². The highest BCUT2D eigenvalue weighted by Crippen LogP contribution is 2.04. The molecule has 0 fully saturated rings. The Morgan fingerprint density at radius 1 is 1.22 bits per heavy atom. The first-order valence-corrected chi connectivity index (χ1v) is 5.83. The molecule has 3 aromatic rings. The third-order valence-electron chi connectivity index (χ3n) is 3.04. The van der Waals surface area contributed by atoms with Gasteiger partial charge in [0, 0.05) is 24.3 Å². The van der Waals surface area contributed by atoms with E-state index in [0.717, 1.165) is 11.4 Å². The van der Waals surface area contributed by atoms with Crippen molar-refractivity contribution in [3.63, 3.8) is 0 Å². The first kappa shape index (κ1) is 10.8. The summed E-state index contributed by atoms with van der Waals surface area (Å²) in [5.41, 5.74) is 2.52. The third kappa shape index (κ3) is 1.72. The monoisotopic (exact) mass is 239 g/mol. The number of nitrogens with zero attached hydrogens (tertiary/aromatic N) is 3. The fraction of sp³-hybridized carbons (Fsp3) is 0.143. The highest BCUT2D eigenvalue weighted by Gasteiger charge is 2.07. The molecule has 0 saturated heterocycles. The number of hydrogen-bond acceptors (Lipinski definition) is 2. The Labute approximate surface area is 104 Å². The fourth-order valence-electron chi connectivity index (χ4n) is 2.11. The molecule has 0 aliphatic heterocycles. The van der Waals surface area contributed by atoms with Crippen LogP contribution in [0.15, 0.2) is 53.7 Å². The smallest absolute Gasteiger partial charge is 0.275 e. The molecule has 90 valence electrons. The van der Waals surface area contributed by atoms with Gasteiger partial charge in [0.05, 0.1) is 12.2 Å². The van der Waals surface area contributed by atoms with E-state index in [1.165, 1.54) is 0 Å². The van der Waals surface area contributed by atoms with Gasteiger partial charge in [0.2, 0.25) is 0 Å². The van der Waals surface area contributed by atoms with Gasteiger partial charge in [-0.2, -0.15) is 0 Å². The zero-order valence-electron chi connectivity index (χ0n) is 10.1. The summed E-state index contributed by atoms with van der Waals surface area (Å²) >= 11 is 0. The highest BCUT2D eigenvalue weighted by atomic mass is 16.1. The second-order valence-electron chi connectivity index (χ2n) is 4.28. The molecular weight excluding hydrogens is 226 g/mol. The van der Waals surface area contributed by atoms with Crippen molar-refractivity contribution in [1.82, 2.24) is 14.0 Å². The SMILES string of the molecule is Cc1cn2cccc2c(=O)n1Cc1ccccn1. The van der Waals surface area contributed by atoms with Crippen molar-refractivity contribution >= 4 is 5.52 Å². The maximum atomic E-state index is 12.3. The second-order valence-corrected chi connectivity index (χ2v) is 4.28. The zero-order chi connectivity index (χ0) is 12.5. The summed E-state index contributed by atoms with van der Waals surface area (Å²) in [4.78, 5) is 16.6. The zero-order valence-corrected chi connectivity index (χ0v) is 10.1. The molecule has 0 aliphatic rings. The van der Waals surface area contributed by atoms with Crippen molar-refractivity contribution in [2.75, 3.05) is 0 Å². The van der Waals surface area contributed by atoms with Gasteiger partial charge >= 0.3 is 0 Å². The Hall–Kier alpha value is -2.36. The van der Waals surface area contributed by atoms with Crippen molar-refractivity contribution in [2.24, 2.45) is 0 Å². The molecule has 0 aromatic carbocycles. The summed E-state index contributed by atoms with van der Waals surface area (Å²) in [5.74, 6) is 0. The number of aromatic nitrogens is 3. The van der Waals surface area contributed by atoms with Gasteiger partial charge in [-0.15, -0.1) is 0 Å². The molecule has 3 heterocycles. The van der Waals surface area contributed by atoms with E-state index in [9.17, 15) is 4.79 Å². The minimum absolute atomic E-state index is 0.0191. The van der Waals surface area contributed by atoms with Gasteiger partial charge in [-0.3, -0.25) is 9.78 Å². The lowest BCUT2D eigenvalue weighted by Gasteiger charge is -2.10. The molecule has 0 atom stereocenters. The lowest BCUT2D eigenvalue weighted by Crippen LogP contribution is -2.24. The van der Waals surface area contributed by atoms with Gasteiger partial charge in [0.15, 0.2) is 0 Å². The maximum Gasteiger partial charge on any atom is 0.275 e. The molecular formula is C14H13N3O. The average Bonchev–Trinajstić information content (AvgIpc) is 2.84. The summed E-state index contributed by atoms with van der Waals surface area (Å²) < 4.78 is 3.60. The molecule has 0 aliphatic carbocycles. The second kappa shape index (κ2) is 4.14. The Morgan fingerprint density at radius 2 is 2.11 bits per heavy atom. The van der Waals surface area contributed by atoms with Crippen LogP contribution < -0.4 is 5.56 Å². The van der Waals surface area contributed by atoms with Crippen molar-refractivity contribution in [3.8, 4) is 0 Å². The minimum Gasteiger partial charge on any atom is -0.317 e. The van der Waals surface area contributed by atoms with Gasteiger partial charge in [0.25, 0.3) is 5.56 Å². The molecule has 0 radical (unpaired) electrons. The minimum atomic E-state index is 0.0191. The van der Waals surface area contributed by atoms with Crippen LogP contribution in [0.5, 0.6) is 0 Å². The summed E-state index contributed by atoms with van der Waals surface area (Å²) in [7, 11) is 0. The van der Waals surface area contributed by atoms with Crippen LogP contribution in [0.4, 0.5) is 0 Å². The fourth-order valence-corrected chi connectivity index (χ4v) is 2.11. The van der Waals surface area contributed by atoms with Gasteiger partial charge in [-0.25, -0.2) is 0 Å². The summed E-state index contributed by atoms with van der Waals surface area (Å²) in [6.07, 6.45) is 5.58. The molecule has 4 nitrogen and oxygen atoms in total. The van der Waals surface area contributed by atoms with Crippen molar-refractivity contribution < 1.29 is 0 Å². The lowest BCUT2D eigenvalue weighted by molar-refractivity contribution is 0.707. The quantitative estimate of drug-likeness (QED) is 0.684. The van der Waals surface area contributed by atoms with E-state index in [0.29, 0.717) is 12.1 Å². The molecule has 0 N–H and O–H groups in total. The molecule has 0 spiro atoms. The number of rotatable bonds is 2. The Kier molecular flexibility index (Phi) is 2.48. The van der Waals surface area contributed by atoms with Gasteiger partial charge in [-0.05, 0) is 31.2 Å². The van der Waals surface area contributed by atoms with Crippen LogP contribution in [-0.2, 0) is 6.54 Å². The predicted octanol–water partition coefficient (Wildman–Crippen LogP) is 1.85. The van der Waals surface area contributed by atoms with Gasteiger partial charge < -0.3 is 8.97 Å². The highest BCUT2D eigenvalue weighted by molar-refractivity contribution is 5.45. The largest absolute Gasteiger partial charge is 0.317 e. The molecule has 3 rings (SSSR count). The van der Waals surface area contributed by atoms with E-state index < -0.39 is 0 Å². The van der Waals surface area contributed by atoms with Crippen molar-refractivity contribution in [1.29, 1.82) is 0 Å². The molecule has 4 heteroatoms. The molecule has 0 unspecified atom stereocenters.